The predicted molar refractivity (Wildman–Crippen MR) is 108 cm³/mol. The molecule has 0 aliphatic carbocycles. The number of hydrogen-bond acceptors (Lipinski definition) is 5. The second-order valence-electron chi connectivity index (χ2n) is 8.57. The first-order chi connectivity index (χ1) is 13.5. The molecule has 0 spiro atoms. The Balaban J connectivity index is 1.81. The minimum Gasteiger partial charge on any atom is -0.445 e. The van der Waals surface area contributed by atoms with Crippen molar-refractivity contribution in [3.05, 3.63) is 35.9 Å². The van der Waals surface area contributed by atoms with Gasteiger partial charge < -0.3 is 24.6 Å². The number of amides is 3. The molecule has 1 saturated heterocycles. The standard InChI is InChI=1S/C21H31N3O5/c1-20(2,3)29-18(26)22-21(4,5)17(25)23-11-13-24(14-12-23)19(27)28-15-16-9-7-6-8-10-16/h6-10H,11-15H2,1-5H3,(H,22,26). The minimum atomic E-state index is -1.11. The van der Waals surface area contributed by atoms with Crippen molar-refractivity contribution in [3.63, 3.8) is 0 Å². The molecule has 0 bridgehead atoms. The number of carbonyl (C=O) groups is 3. The van der Waals surface area contributed by atoms with Crippen LogP contribution in [0, 0.1) is 0 Å². The van der Waals surface area contributed by atoms with E-state index in [1.54, 1.807) is 44.4 Å². The van der Waals surface area contributed by atoms with Gasteiger partial charge in [-0.3, -0.25) is 4.79 Å². The Morgan fingerprint density at radius 1 is 0.931 bits per heavy atom. The van der Waals surface area contributed by atoms with E-state index < -0.39 is 23.3 Å². The van der Waals surface area contributed by atoms with E-state index in [0.717, 1.165) is 5.56 Å². The third-order valence-electron chi connectivity index (χ3n) is 4.38. The molecule has 3 amide bonds. The lowest BCUT2D eigenvalue weighted by Crippen LogP contribution is -2.60. The zero-order valence-corrected chi connectivity index (χ0v) is 17.9. The summed E-state index contributed by atoms with van der Waals surface area (Å²) in [6.07, 6.45) is -1.04. The van der Waals surface area contributed by atoms with Gasteiger partial charge in [-0.1, -0.05) is 30.3 Å². The van der Waals surface area contributed by atoms with Gasteiger partial charge in [0.15, 0.2) is 0 Å². The quantitative estimate of drug-likeness (QED) is 0.832. The summed E-state index contributed by atoms with van der Waals surface area (Å²) < 4.78 is 10.6. The number of nitrogens with zero attached hydrogens (tertiary/aromatic N) is 2. The summed E-state index contributed by atoms with van der Waals surface area (Å²) >= 11 is 0. The third kappa shape index (κ3) is 6.96. The molecule has 1 aromatic rings. The number of piperazine rings is 1. The average Bonchev–Trinajstić information content (AvgIpc) is 2.64. The monoisotopic (exact) mass is 405 g/mol. The van der Waals surface area contributed by atoms with Crippen LogP contribution in [0.2, 0.25) is 0 Å². The van der Waals surface area contributed by atoms with Gasteiger partial charge in [0, 0.05) is 26.2 Å². The summed E-state index contributed by atoms with van der Waals surface area (Å²) in [6, 6.07) is 9.47. The van der Waals surface area contributed by atoms with Gasteiger partial charge >= 0.3 is 12.2 Å². The van der Waals surface area contributed by atoms with Crippen LogP contribution in [-0.4, -0.2) is 65.2 Å². The van der Waals surface area contributed by atoms with Crippen LogP contribution in [0.15, 0.2) is 30.3 Å². The van der Waals surface area contributed by atoms with Crippen LogP contribution in [0.3, 0.4) is 0 Å². The number of nitrogens with one attached hydrogen (secondary N) is 1. The Morgan fingerprint density at radius 3 is 2.03 bits per heavy atom. The van der Waals surface area contributed by atoms with E-state index in [9.17, 15) is 14.4 Å². The number of benzene rings is 1. The minimum absolute atomic E-state index is 0.214. The first-order valence-corrected chi connectivity index (χ1v) is 9.74. The van der Waals surface area contributed by atoms with E-state index in [1.807, 2.05) is 30.3 Å². The highest BCUT2D eigenvalue weighted by Gasteiger charge is 2.36. The maximum atomic E-state index is 12.8. The maximum absolute atomic E-state index is 12.8. The Labute approximate surface area is 172 Å². The zero-order valence-electron chi connectivity index (χ0n) is 17.9. The maximum Gasteiger partial charge on any atom is 0.410 e. The topological polar surface area (TPSA) is 88.2 Å². The number of ether oxygens (including phenoxy) is 2. The van der Waals surface area contributed by atoms with Gasteiger partial charge in [0.25, 0.3) is 0 Å². The Bertz CT molecular complexity index is 720. The molecule has 1 aromatic carbocycles. The molecule has 29 heavy (non-hydrogen) atoms. The number of rotatable bonds is 4. The average molecular weight is 405 g/mol. The highest BCUT2D eigenvalue weighted by atomic mass is 16.6. The van der Waals surface area contributed by atoms with Crippen molar-refractivity contribution in [1.29, 1.82) is 0 Å². The molecule has 1 heterocycles. The van der Waals surface area contributed by atoms with Crippen molar-refractivity contribution in [3.8, 4) is 0 Å². The Kier molecular flexibility index (Phi) is 7.11. The highest BCUT2D eigenvalue weighted by molar-refractivity contribution is 5.89. The van der Waals surface area contributed by atoms with Crippen molar-refractivity contribution in [2.45, 2.75) is 52.4 Å². The second-order valence-corrected chi connectivity index (χ2v) is 8.57. The Hall–Kier alpha value is -2.77. The van der Waals surface area contributed by atoms with Crippen molar-refractivity contribution >= 4 is 18.1 Å². The molecule has 0 unspecified atom stereocenters. The summed E-state index contributed by atoms with van der Waals surface area (Å²) in [5.41, 5.74) is -0.836. The third-order valence-corrected chi connectivity index (χ3v) is 4.38. The normalized spacial score (nSPS) is 14.9. The SMILES string of the molecule is CC(C)(C)OC(=O)NC(C)(C)C(=O)N1CCN(C(=O)OCc2ccccc2)CC1. The van der Waals surface area contributed by atoms with Crippen molar-refractivity contribution < 1.29 is 23.9 Å². The molecule has 160 valence electrons. The summed E-state index contributed by atoms with van der Waals surface area (Å²) in [7, 11) is 0. The Morgan fingerprint density at radius 2 is 1.48 bits per heavy atom. The predicted octanol–water partition coefficient (Wildman–Crippen LogP) is 2.77. The lowest BCUT2D eigenvalue weighted by molar-refractivity contribution is -0.138. The van der Waals surface area contributed by atoms with Gasteiger partial charge in [-0.15, -0.1) is 0 Å². The van der Waals surface area contributed by atoms with E-state index >= 15 is 0 Å². The second kappa shape index (κ2) is 9.15. The van der Waals surface area contributed by atoms with Gasteiger partial charge in [-0.05, 0) is 40.2 Å². The van der Waals surface area contributed by atoms with Crippen LogP contribution in [0.4, 0.5) is 9.59 Å². The summed E-state index contributed by atoms with van der Waals surface area (Å²) in [4.78, 5) is 40.3. The van der Waals surface area contributed by atoms with Crippen molar-refractivity contribution in [1.82, 2.24) is 15.1 Å². The van der Waals surface area contributed by atoms with Gasteiger partial charge in [0.1, 0.15) is 17.7 Å². The molecular formula is C21H31N3O5. The fraction of sp³-hybridized carbons (Fsp3) is 0.571. The molecular weight excluding hydrogens is 374 g/mol. The number of alkyl carbamates (subject to hydrolysis) is 1. The highest BCUT2D eigenvalue weighted by Crippen LogP contribution is 2.14. The lowest BCUT2D eigenvalue weighted by atomic mass is 10.0. The first kappa shape index (κ1) is 22.5. The summed E-state index contributed by atoms with van der Waals surface area (Å²) in [6.45, 7) is 10.3. The lowest BCUT2D eigenvalue weighted by Gasteiger charge is -2.38. The van der Waals surface area contributed by atoms with Crippen LogP contribution in [-0.2, 0) is 20.9 Å². The first-order valence-electron chi connectivity index (χ1n) is 9.74. The van der Waals surface area contributed by atoms with E-state index in [1.165, 1.54) is 0 Å². The molecule has 0 radical (unpaired) electrons. The molecule has 0 atom stereocenters. The molecule has 1 fully saturated rings. The van der Waals surface area contributed by atoms with Crippen molar-refractivity contribution in [2.24, 2.45) is 0 Å². The van der Waals surface area contributed by atoms with Crippen LogP contribution < -0.4 is 5.32 Å². The van der Waals surface area contributed by atoms with E-state index in [2.05, 4.69) is 5.32 Å². The molecule has 1 N–H and O–H groups in total. The largest absolute Gasteiger partial charge is 0.445 e. The van der Waals surface area contributed by atoms with Crippen LogP contribution in [0.25, 0.3) is 0 Å². The molecule has 8 heteroatoms. The van der Waals surface area contributed by atoms with Gasteiger partial charge in [0.05, 0.1) is 0 Å². The number of hydrogen-bond donors (Lipinski definition) is 1. The van der Waals surface area contributed by atoms with Crippen LogP contribution in [0.5, 0.6) is 0 Å². The van der Waals surface area contributed by atoms with Gasteiger partial charge in [-0.25, -0.2) is 9.59 Å². The van der Waals surface area contributed by atoms with Crippen LogP contribution in [0.1, 0.15) is 40.2 Å². The number of carbonyl (C=O) groups excluding carboxylic acids is 3. The van der Waals surface area contributed by atoms with E-state index in [4.69, 9.17) is 9.47 Å². The summed E-state index contributed by atoms with van der Waals surface area (Å²) in [5.74, 6) is -0.222. The summed E-state index contributed by atoms with van der Waals surface area (Å²) in [5, 5.41) is 2.62. The smallest absolute Gasteiger partial charge is 0.410 e. The molecule has 8 nitrogen and oxygen atoms in total. The fourth-order valence-corrected chi connectivity index (χ4v) is 2.91. The molecule has 2 rings (SSSR count). The molecule has 0 saturated carbocycles. The van der Waals surface area contributed by atoms with E-state index in [0.29, 0.717) is 26.2 Å². The molecule has 1 aliphatic rings. The van der Waals surface area contributed by atoms with E-state index in [-0.39, 0.29) is 12.5 Å². The molecule has 0 aromatic heterocycles. The van der Waals surface area contributed by atoms with Crippen molar-refractivity contribution in [2.75, 3.05) is 26.2 Å². The zero-order chi connectivity index (χ0) is 21.7. The van der Waals surface area contributed by atoms with Gasteiger partial charge in [0.2, 0.25) is 5.91 Å². The fourth-order valence-electron chi connectivity index (χ4n) is 2.91. The van der Waals surface area contributed by atoms with Gasteiger partial charge in [-0.2, -0.15) is 0 Å². The molecule has 1 aliphatic heterocycles. The van der Waals surface area contributed by atoms with Crippen LogP contribution >= 0.6 is 0 Å².